The van der Waals surface area contributed by atoms with E-state index in [2.05, 4.69) is 9.71 Å². The number of nitrogens with zero attached hydrogens (tertiary/aromatic N) is 1. The summed E-state index contributed by atoms with van der Waals surface area (Å²) in [6, 6.07) is 1.69. The molecule has 7 heteroatoms. The lowest BCUT2D eigenvalue weighted by Crippen LogP contribution is -2.17. The lowest BCUT2D eigenvalue weighted by Gasteiger charge is -2.14. The van der Waals surface area contributed by atoms with E-state index in [0.29, 0.717) is 22.5 Å². The van der Waals surface area contributed by atoms with Gasteiger partial charge in [0.2, 0.25) is 0 Å². The van der Waals surface area contributed by atoms with Crippen molar-refractivity contribution >= 4 is 21.7 Å². The number of hydrogen-bond donors (Lipinski definition) is 2. The molecule has 0 spiro atoms. The maximum Gasteiger partial charge on any atom is 0.309 e. The van der Waals surface area contributed by atoms with Crippen molar-refractivity contribution in [3.63, 3.8) is 0 Å². The summed E-state index contributed by atoms with van der Waals surface area (Å²) in [4.78, 5) is 4.10. The van der Waals surface area contributed by atoms with Crippen molar-refractivity contribution in [1.29, 1.82) is 0 Å². The molecule has 1 aromatic carbocycles. The van der Waals surface area contributed by atoms with Crippen LogP contribution in [-0.2, 0) is 10.0 Å². The van der Waals surface area contributed by atoms with Crippen molar-refractivity contribution in [3.05, 3.63) is 34.7 Å². The number of aromatic nitrogens is 1. The van der Waals surface area contributed by atoms with Crippen LogP contribution >= 0.6 is 0 Å². The second kappa shape index (κ2) is 4.82. The minimum Gasteiger partial charge on any atom is -0.431 e. The number of hydrogen-bond acceptors (Lipinski definition) is 5. The van der Waals surface area contributed by atoms with Gasteiger partial charge < -0.3 is 10.2 Å². The fraction of sp³-hybridized carbons (Fsp3) is 0.308. The molecule has 0 aliphatic heterocycles. The Bertz CT molecular complexity index is 763. The number of rotatable bonds is 3. The van der Waals surface area contributed by atoms with Crippen molar-refractivity contribution in [3.8, 4) is 0 Å². The molecule has 20 heavy (non-hydrogen) atoms. The summed E-state index contributed by atoms with van der Waals surface area (Å²) in [6.45, 7) is 6.97. The lowest BCUT2D eigenvalue weighted by atomic mass is 10.1. The van der Waals surface area contributed by atoms with E-state index in [-0.39, 0.29) is 10.9 Å². The average molecular weight is 295 g/mol. The summed E-state index contributed by atoms with van der Waals surface area (Å²) in [5, 5.41) is 0. The number of anilines is 2. The van der Waals surface area contributed by atoms with E-state index < -0.39 is 10.0 Å². The number of aryl methyl sites for hydroxylation is 3. The molecule has 2 aromatic rings. The summed E-state index contributed by atoms with van der Waals surface area (Å²) in [5.74, 6) is 0. The molecule has 108 valence electrons. The van der Waals surface area contributed by atoms with Gasteiger partial charge in [-0.15, -0.1) is 0 Å². The largest absolute Gasteiger partial charge is 0.431 e. The third-order valence-electron chi connectivity index (χ3n) is 3.07. The van der Waals surface area contributed by atoms with E-state index in [1.54, 1.807) is 26.8 Å². The Hall–Kier alpha value is -2.02. The quantitative estimate of drug-likeness (QED) is 0.846. The number of nitrogens with two attached hydrogens (primary N) is 1. The lowest BCUT2D eigenvalue weighted by molar-refractivity contribution is 0.569. The van der Waals surface area contributed by atoms with Gasteiger partial charge in [0.05, 0.1) is 10.6 Å². The Morgan fingerprint density at radius 2 is 1.85 bits per heavy atom. The Kier molecular flexibility index (Phi) is 3.47. The average Bonchev–Trinajstić information content (AvgIpc) is 2.70. The normalized spacial score (nSPS) is 11.6. The first-order valence-corrected chi connectivity index (χ1v) is 7.52. The van der Waals surface area contributed by atoms with Crippen molar-refractivity contribution < 1.29 is 12.8 Å². The van der Waals surface area contributed by atoms with Crippen LogP contribution in [0.25, 0.3) is 0 Å². The van der Waals surface area contributed by atoms with Crippen LogP contribution in [0.5, 0.6) is 0 Å². The van der Waals surface area contributed by atoms with Crippen LogP contribution in [0.2, 0.25) is 0 Å². The smallest absolute Gasteiger partial charge is 0.309 e. The first-order chi connectivity index (χ1) is 9.22. The van der Waals surface area contributed by atoms with Crippen molar-refractivity contribution in [2.75, 3.05) is 10.5 Å². The molecular weight excluding hydrogens is 278 g/mol. The van der Waals surface area contributed by atoms with Crippen LogP contribution < -0.4 is 10.5 Å². The Morgan fingerprint density at radius 1 is 1.20 bits per heavy atom. The summed E-state index contributed by atoms with van der Waals surface area (Å²) >= 11 is 0. The molecule has 0 fully saturated rings. The van der Waals surface area contributed by atoms with Gasteiger partial charge in [0, 0.05) is 5.69 Å². The predicted octanol–water partition coefficient (Wildman–Crippen LogP) is 2.29. The van der Waals surface area contributed by atoms with Crippen molar-refractivity contribution in [2.45, 2.75) is 32.6 Å². The molecule has 3 N–H and O–H groups in total. The molecule has 0 bridgehead atoms. The second-order valence-corrected chi connectivity index (χ2v) is 6.40. The maximum absolute atomic E-state index is 12.4. The molecule has 0 saturated heterocycles. The van der Waals surface area contributed by atoms with Crippen LogP contribution in [0.1, 0.15) is 22.4 Å². The molecule has 0 unspecified atom stereocenters. The Labute approximate surface area is 118 Å². The van der Waals surface area contributed by atoms with Gasteiger partial charge in [0.15, 0.2) is 0 Å². The topological polar surface area (TPSA) is 98.2 Å². The minimum absolute atomic E-state index is 0.0551. The number of nitrogen functional groups attached to an aromatic ring is 1. The highest BCUT2D eigenvalue weighted by atomic mass is 32.2. The number of nitrogens with one attached hydrogen (secondary N) is 1. The van der Waals surface area contributed by atoms with Gasteiger partial charge in [-0.1, -0.05) is 6.07 Å². The highest BCUT2D eigenvalue weighted by molar-refractivity contribution is 7.92. The molecule has 1 aromatic heterocycles. The van der Waals surface area contributed by atoms with Crippen LogP contribution in [0.3, 0.4) is 0 Å². The van der Waals surface area contributed by atoms with E-state index in [0.717, 1.165) is 5.56 Å². The fourth-order valence-electron chi connectivity index (χ4n) is 2.16. The third-order valence-corrected chi connectivity index (χ3v) is 4.68. The zero-order chi connectivity index (χ0) is 15.1. The highest BCUT2D eigenvalue weighted by Crippen LogP contribution is 2.29. The maximum atomic E-state index is 12.4. The van der Waals surface area contributed by atoms with E-state index in [4.69, 9.17) is 10.2 Å². The van der Waals surface area contributed by atoms with Gasteiger partial charge in [-0.25, -0.2) is 13.1 Å². The van der Waals surface area contributed by atoms with E-state index in [1.165, 1.54) is 6.26 Å². The minimum atomic E-state index is -3.79. The molecule has 0 radical (unpaired) electrons. The third kappa shape index (κ3) is 2.49. The molecule has 2 rings (SSSR count). The van der Waals surface area contributed by atoms with Gasteiger partial charge in [-0.05, 0) is 44.4 Å². The van der Waals surface area contributed by atoms with Gasteiger partial charge in [-0.3, -0.25) is 0 Å². The van der Waals surface area contributed by atoms with Gasteiger partial charge in [-0.2, -0.15) is 4.98 Å². The number of benzene rings is 1. The summed E-state index contributed by atoms with van der Waals surface area (Å²) in [7, 11) is -3.79. The predicted molar refractivity (Wildman–Crippen MR) is 77.1 cm³/mol. The van der Waals surface area contributed by atoms with Crippen LogP contribution in [0, 0.1) is 27.7 Å². The molecule has 0 aliphatic carbocycles. The molecule has 0 aliphatic rings. The molecule has 1 heterocycles. The zero-order valence-corrected chi connectivity index (χ0v) is 12.6. The Balaban J connectivity index is 2.52. The summed E-state index contributed by atoms with van der Waals surface area (Å²) in [6.07, 6.45) is 1.38. The van der Waals surface area contributed by atoms with Gasteiger partial charge >= 0.3 is 6.01 Å². The molecule has 0 amide bonds. The van der Waals surface area contributed by atoms with E-state index >= 15 is 0 Å². The first kappa shape index (κ1) is 14.4. The fourth-order valence-corrected chi connectivity index (χ4v) is 3.58. The zero-order valence-electron chi connectivity index (χ0n) is 11.8. The SMILES string of the molecule is Cc1coc(NS(=O)(=O)c2c(C)cc(C)c(N)c2C)n1. The standard InChI is InChI=1S/C13H17N3O3S/c1-7-5-8(2)12(10(4)11(7)14)20(17,18)16-13-15-9(3)6-19-13/h5-6H,14H2,1-4H3,(H,15,16). The molecule has 0 atom stereocenters. The van der Waals surface area contributed by atoms with Crippen LogP contribution in [0.15, 0.2) is 21.6 Å². The monoisotopic (exact) mass is 295 g/mol. The first-order valence-electron chi connectivity index (χ1n) is 6.03. The van der Waals surface area contributed by atoms with Gasteiger partial charge in [0.25, 0.3) is 10.0 Å². The van der Waals surface area contributed by atoms with Gasteiger partial charge in [0.1, 0.15) is 6.26 Å². The summed E-state index contributed by atoms with van der Waals surface area (Å²) < 4.78 is 32.2. The second-order valence-electron chi connectivity index (χ2n) is 4.78. The molecular formula is C13H17N3O3S. The van der Waals surface area contributed by atoms with Crippen molar-refractivity contribution in [2.24, 2.45) is 0 Å². The number of sulfonamides is 1. The Morgan fingerprint density at radius 3 is 2.40 bits per heavy atom. The van der Waals surface area contributed by atoms with Crippen LogP contribution in [0.4, 0.5) is 11.7 Å². The summed E-state index contributed by atoms with van der Waals surface area (Å²) in [5.41, 5.74) is 8.99. The van der Waals surface area contributed by atoms with Crippen molar-refractivity contribution in [1.82, 2.24) is 4.98 Å². The molecule has 6 nitrogen and oxygen atoms in total. The molecule has 0 saturated carbocycles. The number of oxazole rings is 1. The van der Waals surface area contributed by atoms with Crippen LogP contribution in [-0.4, -0.2) is 13.4 Å². The highest BCUT2D eigenvalue weighted by Gasteiger charge is 2.23. The van der Waals surface area contributed by atoms with E-state index in [9.17, 15) is 8.42 Å². The van der Waals surface area contributed by atoms with E-state index in [1.807, 2.05) is 6.92 Å².